The van der Waals surface area contributed by atoms with E-state index >= 15 is 0 Å². The van der Waals surface area contributed by atoms with Gasteiger partial charge in [-0.3, -0.25) is 0 Å². The van der Waals surface area contributed by atoms with Crippen LogP contribution in [-0.4, -0.2) is 84.7 Å². The average Bonchev–Trinajstić information content (AvgIpc) is 3.26. The summed E-state index contributed by atoms with van der Waals surface area (Å²) in [5, 5.41) is 0. The SMILES string of the molecule is CCCCC(CC)CN(CCCN1C=CN(C)C1)CCCN1C=CN(C)C1. The topological polar surface area (TPSA) is 16.2 Å². The van der Waals surface area contributed by atoms with Crippen molar-refractivity contribution in [3.63, 3.8) is 0 Å². The van der Waals surface area contributed by atoms with Gasteiger partial charge in [0.05, 0.1) is 13.3 Å². The molecule has 27 heavy (non-hydrogen) atoms. The van der Waals surface area contributed by atoms with Crippen molar-refractivity contribution in [3.8, 4) is 0 Å². The summed E-state index contributed by atoms with van der Waals surface area (Å²) >= 11 is 0. The lowest BCUT2D eigenvalue weighted by Gasteiger charge is -2.29. The maximum absolute atomic E-state index is 2.75. The molecule has 0 fully saturated rings. The molecule has 0 radical (unpaired) electrons. The maximum atomic E-state index is 2.75. The molecule has 0 aromatic carbocycles. The molecule has 2 aliphatic rings. The highest BCUT2D eigenvalue weighted by Crippen LogP contribution is 2.15. The maximum Gasteiger partial charge on any atom is 0.0890 e. The zero-order chi connectivity index (χ0) is 19.5. The number of hydrogen-bond acceptors (Lipinski definition) is 5. The Morgan fingerprint density at radius 2 is 1.37 bits per heavy atom. The quantitative estimate of drug-likeness (QED) is 0.458. The molecule has 0 amide bonds. The summed E-state index contributed by atoms with van der Waals surface area (Å²) in [6.07, 6.45) is 16.7. The first-order chi connectivity index (χ1) is 13.1. The number of rotatable bonds is 14. The second-order valence-corrected chi connectivity index (χ2v) is 8.44. The molecule has 2 heterocycles. The minimum atomic E-state index is 0.862. The predicted molar refractivity (Wildman–Crippen MR) is 116 cm³/mol. The van der Waals surface area contributed by atoms with Gasteiger partial charge >= 0.3 is 0 Å². The predicted octanol–water partition coefficient (Wildman–Crippen LogP) is 3.64. The van der Waals surface area contributed by atoms with E-state index in [2.05, 4.69) is 77.2 Å². The second kappa shape index (κ2) is 12.2. The van der Waals surface area contributed by atoms with Gasteiger partial charge in [0.1, 0.15) is 0 Å². The molecule has 5 nitrogen and oxygen atoms in total. The van der Waals surface area contributed by atoms with Gasteiger partial charge in [0.25, 0.3) is 0 Å². The zero-order valence-corrected chi connectivity index (χ0v) is 18.3. The average molecular weight is 378 g/mol. The fourth-order valence-electron chi connectivity index (χ4n) is 4.04. The van der Waals surface area contributed by atoms with E-state index in [0.29, 0.717) is 0 Å². The lowest BCUT2D eigenvalue weighted by Crippen LogP contribution is -2.35. The van der Waals surface area contributed by atoms with Crippen LogP contribution in [0.15, 0.2) is 24.8 Å². The first-order valence-electron chi connectivity index (χ1n) is 11.1. The Balaban J connectivity index is 1.73. The summed E-state index contributed by atoms with van der Waals surface area (Å²) in [6, 6.07) is 0. The molecule has 0 bridgehead atoms. The Hall–Kier alpha value is -1.36. The summed E-state index contributed by atoms with van der Waals surface area (Å²) in [4.78, 5) is 12.1. The van der Waals surface area contributed by atoms with E-state index in [4.69, 9.17) is 0 Å². The van der Waals surface area contributed by atoms with Crippen LogP contribution >= 0.6 is 0 Å². The van der Waals surface area contributed by atoms with Crippen molar-refractivity contribution in [2.24, 2.45) is 5.92 Å². The Morgan fingerprint density at radius 1 is 0.815 bits per heavy atom. The van der Waals surface area contributed by atoms with Gasteiger partial charge in [-0.05, 0) is 38.3 Å². The zero-order valence-electron chi connectivity index (χ0n) is 18.3. The van der Waals surface area contributed by atoms with Crippen LogP contribution in [0.2, 0.25) is 0 Å². The van der Waals surface area contributed by atoms with Gasteiger partial charge < -0.3 is 24.5 Å². The summed E-state index contributed by atoms with van der Waals surface area (Å²) in [6.45, 7) is 12.8. The molecule has 0 aliphatic carbocycles. The van der Waals surface area contributed by atoms with Crippen molar-refractivity contribution >= 4 is 0 Å². The van der Waals surface area contributed by atoms with Gasteiger partial charge in [0.2, 0.25) is 0 Å². The van der Waals surface area contributed by atoms with Crippen molar-refractivity contribution in [1.82, 2.24) is 24.5 Å². The minimum absolute atomic E-state index is 0.862. The van der Waals surface area contributed by atoms with Crippen molar-refractivity contribution in [1.29, 1.82) is 0 Å². The highest BCUT2D eigenvalue weighted by molar-refractivity contribution is 4.89. The fraction of sp³-hybridized carbons (Fsp3) is 0.818. The van der Waals surface area contributed by atoms with Gasteiger partial charge in [0, 0.05) is 58.5 Å². The summed E-state index contributed by atoms with van der Waals surface area (Å²) in [5.41, 5.74) is 0. The lowest BCUT2D eigenvalue weighted by atomic mass is 9.98. The van der Waals surface area contributed by atoms with E-state index in [1.165, 1.54) is 71.2 Å². The van der Waals surface area contributed by atoms with E-state index in [1.54, 1.807) is 0 Å². The van der Waals surface area contributed by atoms with Crippen molar-refractivity contribution in [2.45, 2.75) is 52.4 Å². The van der Waals surface area contributed by atoms with Gasteiger partial charge in [-0.2, -0.15) is 0 Å². The van der Waals surface area contributed by atoms with Crippen molar-refractivity contribution in [2.75, 3.05) is 60.2 Å². The van der Waals surface area contributed by atoms with E-state index in [1.807, 2.05) is 0 Å². The Bertz CT molecular complexity index is 418. The smallest absolute Gasteiger partial charge is 0.0890 e. The standard InChI is InChI=1S/C22H43N5/c1-5-7-10-22(6-2)19-25(11-8-13-26-17-15-23(3)20-26)12-9-14-27-18-16-24(4)21-27/h15-18,22H,5-14,19-21H2,1-4H3. The van der Waals surface area contributed by atoms with Crippen LogP contribution in [0.3, 0.4) is 0 Å². The molecule has 5 heteroatoms. The van der Waals surface area contributed by atoms with E-state index in [-0.39, 0.29) is 0 Å². The third kappa shape index (κ3) is 8.46. The van der Waals surface area contributed by atoms with E-state index < -0.39 is 0 Å². The largest absolute Gasteiger partial charge is 0.362 e. The van der Waals surface area contributed by atoms with Crippen LogP contribution in [-0.2, 0) is 0 Å². The molecule has 0 N–H and O–H groups in total. The summed E-state index contributed by atoms with van der Waals surface area (Å²) in [5.74, 6) is 0.862. The first-order valence-corrected chi connectivity index (χ1v) is 11.1. The minimum Gasteiger partial charge on any atom is -0.362 e. The Kier molecular flexibility index (Phi) is 9.89. The lowest BCUT2D eigenvalue weighted by molar-refractivity contribution is 0.192. The molecule has 2 aliphatic heterocycles. The van der Waals surface area contributed by atoms with Crippen LogP contribution < -0.4 is 0 Å². The monoisotopic (exact) mass is 377 g/mol. The highest BCUT2D eigenvalue weighted by atomic mass is 15.3. The normalized spacial score (nSPS) is 17.8. The van der Waals surface area contributed by atoms with Crippen LogP contribution in [0.1, 0.15) is 52.4 Å². The van der Waals surface area contributed by atoms with Gasteiger partial charge in [-0.15, -0.1) is 0 Å². The van der Waals surface area contributed by atoms with Gasteiger partial charge in [-0.25, -0.2) is 0 Å². The molecule has 1 atom stereocenters. The molecular formula is C22H43N5. The highest BCUT2D eigenvalue weighted by Gasteiger charge is 2.15. The number of hydrogen-bond donors (Lipinski definition) is 0. The molecule has 0 saturated carbocycles. The van der Waals surface area contributed by atoms with Crippen molar-refractivity contribution < 1.29 is 0 Å². The molecule has 2 rings (SSSR count). The second-order valence-electron chi connectivity index (χ2n) is 8.44. The third-order valence-electron chi connectivity index (χ3n) is 5.77. The molecule has 0 aromatic heterocycles. The molecule has 0 spiro atoms. The van der Waals surface area contributed by atoms with Crippen molar-refractivity contribution in [3.05, 3.63) is 24.8 Å². The summed E-state index contributed by atoms with van der Waals surface area (Å²) < 4.78 is 0. The Morgan fingerprint density at radius 3 is 1.78 bits per heavy atom. The first kappa shape index (κ1) is 21.9. The third-order valence-corrected chi connectivity index (χ3v) is 5.77. The molecule has 0 saturated heterocycles. The van der Waals surface area contributed by atoms with Crippen LogP contribution in [0.5, 0.6) is 0 Å². The van der Waals surface area contributed by atoms with Gasteiger partial charge in [-0.1, -0.05) is 33.1 Å². The molecular weight excluding hydrogens is 334 g/mol. The van der Waals surface area contributed by atoms with E-state index in [9.17, 15) is 0 Å². The number of unbranched alkanes of at least 4 members (excludes halogenated alkanes) is 1. The molecule has 1 unspecified atom stereocenters. The van der Waals surface area contributed by atoms with Crippen LogP contribution in [0, 0.1) is 5.92 Å². The molecule has 0 aromatic rings. The fourth-order valence-corrected chi connectivity index (χ4v) is 4.04. The molecule has 156 valence electrons. The Labute approximate surface area is 168 Å². The van der Waals surface area contributed by atoms with Crippen LogP contribution in [0.25, 0.3) is 0 Å². The van der Waals surface area contributed by atoms with E-state index in [0.717, 1.165) is 19.3 Å². The summed E-state index contributed by atoms with van der Waals surface area (Å²) in [7, 11) is 4.29. The number of nitrogens with zero attached hydrogens (tertiary/aromatic N) is 5. The van der Waals surface area contributed by atoms with Gasteiger partial charge in [0.15, 0.2) is 0 Å². The van der Waals surface area contributed by atoms with Crippen LogP contribution in [0.4, 0.5) is 0 Å².